The van der Waals surface area contributed by atoms with Crippen LogP contribution in [-0.2, 0) is 25.0 Å². The van der Waals surface area contributed by atoms with Crippen molar-refractivity contribution in [2.45, 2.75) is 37.3 Å². The van der Waals surface area contributed by atoms with Crippen LogP contribution in [0, 0.1) is 0 Å². The van der Waals surface area contributed by atoms with E-state index >= 15 is 0 Å². The van der Waals surface area contributed by atoms with Gasteiger partial charge in [-0.25, -0.2) is 14.4 Å². The molecule has 2 aromatic heterocycles. The molecule has 1 aromatic carbocycles. The first-order chi connectivity index (χ1) is 17.6. The molecule has 0 aliphatic carbocycles. The van der Waals surface area contributed by atoms with Crippen LogP contribution in [0.2, 0.25) is 0 Å². The zero-order chi connectivity index (χ0) is 26.7. The van der Waals surface area contributed by atoms with Crippen LogP contribution in [0.5, 0.6) is 0 Å². The minimum atomic E-state index is -4.65. The van der Waals surface area contributed by atoms with E-state index in [1.807, 2.05) is 12.1 Å². The number of benzene rings is 1. The Labute approximate surface area is 217 Å². The lowest BCUT2D eigenvalue weighted by atomic mass is 10.1. The molecule has 1 saturated heterocycles. The average Bonchev–Trinajstić information content (AvgIpc) is 3.42. The maximum absolute atomic E-state index is 12.7. The minimum Gasteiger partial charge on any atom is -0.480 e. The third-order valence-electron chi connectivity index (χ3n) is 5.88. The molecule has 0 radical (unpaired) electrons. The summed E-state index contributed by atoms with van der Waals surface area (Å²) < 4.78 is 24.4. The number of carboxylic acids is 1. The summed E-state index contributed by atoms with van der Waals surface area (Å²) in [7, 11) is -4.65. The van der Waals surface area contributed by atoms with Crippen LogP contribution in [0.4, 0.5) is 0 Å². The molecule has 3 heterocycles. The van der Waals surface area contributed by atoms with E-state index in [1.54, 1.807) is 18.3 Å². The Morgan fingerprint density at radius 1 is 1.38 bits per heavy atom. The Hall–Kier alpha value is -2.84. The number of fused-ring (bicyclic) bond motifs is 1. The number of para-hydroxylation sites is 1. The standard InChI is InChI=1S/C22H24BrN4O9P/c23-6-5-12-10-27(22(32)25-20(12)29)19-8-17(28)18(36-19)11-35-37(33,34)26-16(21(30)31)7-13-9-24-15-4-2-1-3-14(13)15/h1-6,9-10,16-19,24,28H,7-8,11H2,(H,30,31)(H,25,29,32)(H2,26,33,34)/b6-5+/t16?,17-,18+,19+/m0/s1. The van der Waals surface area contributed by atoms with Crippen LogP contribution >= 0.6 is 23.7 Å². The normalized spacial score (nSPS) is 22.4. The van der Waals surface area contributed by atoms with Crippen LogP contribution in [-0.4, -0.2) is 60.5 Å². The van der Waals surface area contributed by atoms with Crippen molar-refractivity contribution in [3.8, 4) is 0 Å². The number of aromatic nitrogens is 3. The Morgan fingerprint density at radius 2 is 2.14 bits per heavy atom. The molecular formula is C22H24BrN4O9P. The fraction of sp³-hybridized carbons (Fsp3) is 0.318. The second-order valence-corrected chi connectivity index (χ2v) is 10.5. The second-order valence-electron chi connectivity index (χ2n) is 8.38. The van der Waals surface area contributed by atoms with Crippen molar-refractivity contribution in [1.29, 1.82) is 0 Å². The maximum atomic E-state index is 12.7. The number of carboxylic acid groups (broad SMARTS) is 1. The highest BCUT2D eigenvalue weighted by atomic mass is 79.9. The van der Waals surface area contributed by atoms with Crippen LogP contribution in [0.15, 0.2) is 51.2 Å². The molecule has 37 heavy (non-hydrogen) atoms. The number of carbonyl (C=O) groups is 1. The van der Waals surface area contributed by atoms with Gasteiger partial charge < -0.3 is 24.8 Å². The number of nitrogens with zero attached hydrogens (tertiary/aromatic N) is 1. The van der Waals surface area contributed by atoms with Crippen molar-refractivity contribution in [3.05, 3.63) is 73.6 Å². The summed E-state index contributed by atoms with van der Waals surface area (Å²) in [5, 5.41) is 22.9. The number of H-pyrrole nitrogens is 2. The van der Waals surface area contributed by atoms with Crippen molar-refractivity contribution >= 4 is 46.6 Å². The number of halogens is 1. The molecule has 198 valence electrons. The van der Waals surface area contributed by atoms with Gasteiger partial charge in [-0.1, -0.05) is 34.1 Å². The van der Waals surface area contributed by atoms with Gasteiger partial charge in [-0.15, -0.1) is 0 Å². The SMILES string of the molecule is O=C(O)C(Cc1c[nH]c2ccccc12)NP(=O)(O)OC[C@H]1O[C@@H](n2cc(/C=C/Br)c(=O)[nH]c2=O)C[C@@H]1O. The molecule has 0 saturated carbocycles. The Balaban J connectivity index is 1.41. The molecule has 6 N–H and O–H groups in total. The lowest BCUT2D eigenvalue weighted by Crippen LogP contribution is -2.37. The molecule has 15 heteroatoms. The van der Waals surface area contributed by atoms with Crippen molar-refractivity contribution in [1.82, 2.24) is 19.6 Å². The van der Waals surface area contributed by atoms with E-state index in [0.29, 0.717) is 5.56 Å². The van der Waals surface area contributed by atoms with Gasteiger partial charge in [0.1, 0.15) is 18.4 Å². The highest BCUT2D eigenvalue weighted by Gasteiger charge is 2.38. The summed E-state index contributed by atoms with van der Waals surface area (Å²) in [5.41, 5.74) is 0.223. The van der Waals surface area contributed by atoms with Gasteiger partial charge in [0.2, 0.25) is 0 Å². The van der Waals surface area contributed by atoms with E-state index in [4.69, 9.17) is 9.26 Å². The topological polar surface area (TPSA) is 196 Å². The summed E-state index contributed by atoms with van der Waals surface area (Å²) in [6.07, 6.45) is 0.918. The first-order valence-electron chi connectivity index (χ1n) is 11.1. The fourth-order valence-electron chi connectivity index (χ4n) is 4.05. The van der Waals surface area contributed by atoms with E-state index in [0.717, 1.165) is 15.5 Å². The number of aliphatic carboxylic acids is 1. The quantitative estimate of drug-likeness (QED) is 0.186. The highest BCUT2D eigenvalue weighted by molar-refractivity contribution is 9.11. The molecule has 0 bridgehead atoms. The predicted molar refractivity (Wildman–Crippen MR) is 136 cm³/mol. The molecule has 5 atom stereocenters. The van der Waals surface area contributed by atoms with E-state index in [-0.39, 0.29) is 18.4 Å². The molecule has 13 nitrogen and oxygen atoms in total. The zero-order valence-electron chi connectivity index (χ0n) is 19.1. The van der Waals surface area contributed by atoms with Crippen LogP contribution in [0.1, 0.15) is 23.8 Å². The highest BCUT2D eigenvalue weighted by Crippen LogP contribution is 2.40. The van der Waals surface area contributed by atoms with Crippen molar-refractivity contribution < 1.29 is 33.7 Å². The maximum Gasteiger partial charge on any atom is 0.403 e. The van der Waals surface area contributed by atoms with E-state index < -0.39 is 56.0 Å². The average molecular weight is 599 g/mol. The Kier molecular flexibility index (Phi) is 8.29. The number of aliphatic hydroxyl groups is 1. The number of rotatable bonds is 10. The third-order valence-corrected chi connectivity index (χ3v) is 7.28. The van der Waals surface area contributed by atoms with Crippen molar-refractivity contribution in [2.24, 2.45) is 0 Å². The third kappa shape index (κ3) is 6.36. The van der Waals surface area contributed by atoms with Crippen LogP contribution in [0.25, 0.3) is 17.0 Å². The molecule has 1 aliphatic heterocycles. The Morgan fingerprint density at radius 3 is 2.86 bits per heavy atom. The molecule has 1 aliphatic rings. The molecule has 0 spiro atoms. The summed E-state index contributed by atoms with van der Waals surface area (Å²) >= 11 is 3.05. The predicted octanol–water partition coefficient (Wildman–Crippen LogP) is 1.43. The summed E-state index contributed by atoms with van der Waals surface area (Å²) in [5.74, 6) is -1.36. The first kappa shape index (κ1) is 27.2. The zero-order valence-corrected chi connectivity index (χ0v) is 21.6. The van der Waals surface area contributed by atoms with E-state index in [2.05, 4.69) is 31.0 Å². The fourth-order valence-corrected chi connectivity index (χ4v) is 5.36. The Bertz CT molecular complexity index is 1480. The van der Waals surface area contributed by atoms with Gasteiger partial charge in [0.05, 0.1) is 18.3 Å². The number of nitrogens with one attached hydrogen (secondary N) is 3. The van der Waals surface area contributed by atoms with Gasteiger partial charge in [-0.2, -0.15) is 0 Å². The molecular weight excluding hydrogens is 575 g/mol. The molecule has 0 amide bonds. The largest absolute Gasteiger partial charge is 0.480 e. The van der Waals surface area contributed by atoms with Gasteiger partial charge in [-0.05, 0) is 22.7 Å². The lowest BCUT2D eigenvalue weighted by molar-refractivity contribution is -0.139. The molecule has 1 fully saturated rings. The minimum absolute atomic E-state index is 0.0566. The molecule has 4 rings (SSSR count). The number of hydrogen-bond donors (Lipinski definition) is 6. The summed E-state index contributed by atoms with van der Waals surface area (Å²) in [4.78, 5) is 52.8. The van der Waals surface area contributed by atoms with Gasteiger partial charge in [0, 0.05) is 36.1 Å². The number of ether oxygens (including phenoxy) is 1. The van der Waals surface area contributed by atoms with Gasteiger partial charge in [0.15, 0.2) is 0 Å². The van der Waals surface area contributed by atoms with Gasteiger partial charge in [0.25, 0.3) is 5.56 Å². The van der Waals surface area contributed by atoms with Crippen LogP contribution < -0.4 is 16.3 Å². The van der Waals surface area contributed by atoms with Gasteiger partial charge >= 0.3 is 19.4 Å². The first-order valence-corrected chi connectivity index (χ1v) is 13.6. The molecule has 2 unspecified atom stereocenters. The number of aromatic amines is 2. The van der Waals surface area contributed by atoms with Crippen molar-refractivity contribution in [2.75, 3.05) is 6.61 Å². The van der Waals surface area contributed by atoms with Crippen molar-refractivity contribution in [3.63, 3.8) is 0 Å². The van der Waals surface area contributed by atoms with Crippen LogP contribution in [0.3, 0.4) is 0 Å². The van der Waals surface area contributed by atoms with E-state index in [9.17, 15) is 34.1 Å². The number of hydrogen-bond acceptors (Lipinski definition) is 7. The monoisotopic (exact) mass is 598 g/mol. The lowest BCUT2D eigenvalue weighted by Gasteiger charge is -2.21. The summed E-state index contributed by atoms with van der Waals surface area (Å²) in [6, 6.07) is 5.80. The number of aliphatic hydroxyl groups excluding tert-OH is 1. The smallest absolute Gasteiger partial charge is 0.403 e. The second kappa shape index (κ2) is 11.3. The molecule has 3 aromatic rings. The van der Waals surface area contributed by atoms with Gasteiger partial charge in [-0.3, -0.25) is 23.7 Å². The summed E-state index contributed by atoms with van der Waals surface area (Å²) in [6.45, 7) is -0.565. The van der Waals surface area contributed by atoms with E-state index in [1.165, 1.54) is 17.3 Å².